The number of para-hydroxylation sites is 1. The van der Waals surface area contributed by atoms with Crippen molar-refractivity contribution in [2.24, 2.45) is 11.8 Å². The summed E-state index contributed by atoms with van der Waals surface area (Å²) in [6.45, 7) is 3.65. The number of likely N-dealkylation sites (tertiary alicyclic amines) is 1. The van der Waals surface area contributed by atoms with Crippen molar-refractivity contribution >= 4 is 23.4 Å². The summed E-state index contributed by atoms with van der Waals surface area (Å²) in [5, 5.41) is 3.09. The van der Waals surface area contributed by atoms with E-state index in [1.165, 1.54) is 4.90 Å². The molecule has 29 heavy (non-hydrogen) atoms. The highest BCUT2D eigenvalue weighted by Crippen LogP contribution is 2.60. The van der Waals surface area contributed by atoms with Gasteiger partial charge in [-0.3, -0.25) is 24.2 Å². The van der Waals surface area contributed by atoms with Gasteiger partial charge in [0, 0.05) is 37.6 Å². The molecule has 0 aliphatic carbocycles. The Kier molecular flexibility index (Phi) is 4.29. The van der Waals surface area contributed by atoms with Gasteiger partial charge in [0.2, 0.25) is 17.7 Å². The molecule has 4 aliphatic heterocycles. The number of benzene rings is 1. The third-order valence-electron chi connectivity index (χ3n) is 7.32. The van der Waals surface area contributed by atoms with E-state index >= 15 is 0 Å². The lowest BCUT2D eigenvalue weighted by molar-refractivity contribution is -0.145. The van der Waals surface area contributed by atoms with Gasteiger partial charge in [-0.25, -0.2) is 0 Å². The van der Waals surface area contributed by atoms with E-state index < -0.39 is 17.4 Å². The maximum atomic E-state index is 13.6. The predicted molar refractivity (Wildman–Crippen MR) is 106 cm³/mol. The molecule has 4 heterocycles. The van der Waals surface area contributed by atoms with E-state index in [0.29, 0.717) is 19.6 Å². The number of anilines is 1. The van der Waals surface area contributed by atoms with Gasteiger partial charge in [0.15, 0.2) is 0 Å². The van der Waals surface area contributed by atoms with Gasteiger partial charge in [-0.1, -0.05) is 25.1 Å². The molecule has 0 bridgehead atoms. The van der Waals surface area contributed by atoms with Gasteiger partial charge >= 0.3 is 0 Å². The first-order chi connectivity index (χ1) is 14.1. The average Bonchev–Trinajstić information content (AvgIpc) is 3.42. The number of hydrogen-bond acceptors (Lipinski definition) is 5. The van der Waals surface area contributed by atoms with Crippen LogP contribution >= 0.6 is 0 Å². The Morgan fingerprint density at radius 3 is 2.83 bits per heavy atom. The van der Waals surface area contributed by atoms with E-state index in [0.717, 1.165) is 42.6 Å². The van der Waals surface area contributed by atoms with E-state index in [4.69, 9.17) is 4.74 Å². The van der Waals surface area contributed by atoms with Crippen molar-refractivity contribution in [3.05, 3.63) is 29.3 Å². The molecule has 154 valence electrons. The average molecular weight is 397 g/mol. The summed E-state index contributed by atoms with van der Waals surface area (Å²) in [6, 6.07) is 5.90. The molecule has 7 nitrogen and oxygen atoms in total. The molecule has 1 aromatic carbocycles. The number of amides is 3. The summed E-state index contributed by atoms with van der Waals surface area (Å²) in [6.07, 6.45) is 3.20. The third kappa shape index (κ3) is 2.23. The maximum Gasteiger partial charge on any atom is 0.250 e. The number of hydrogen-bond donors (Lipinski definition) is 1. The highest BCUT2D eigenvalue weighted by molar-refractivity contribution is 6.15. The van der Waals surface area contributed by atoms with Gasteiger partial charge in [0.05, 0.1) is 11.8 Å². The van der Waals surface area contributed by atoms with Crippen LogP contribution in [0.25, 0.3) is 0 Å². The molecule has 1 N–H and O–H groups in total. The molecule has 0 aromatic heterocycles. The molecule has 0 unspecified atom stereocenters. The second kappa shape index (κ2) is 6.64. The molecule has 5 rings (SSSR count). The van der Waals surface area contributed by atoms with Crippen molar-refractivity contribution in [1.29, 1.82) is 0 Å². The molecular weight excluding hydrogens is 370 g/mol. The zero-order valence-electron chi connectivity index (χ0n) is 16.9. The third-order valence-corrected chi connectivity index (χ3v) is 7.32. The van der Waals surface area contributed by atoms with Crippen molar-refractivity contribution in [3.63, 3.8) is 0 Å². The van der Waals surface area contributed by atoms with Crippen molar-refractivity contribution in [1.82, 2.24) is 9.80 Å². The quantitative estimate of drug-likeness (QED) is 0.602. The smallest absolute Gasteiger partial charge is 0.250 e. The summed E-state index contributed by atoms with van der Waals surface area (Å²) in [7, 11) is 1.61. The maximum absolute atomic E-state index is 13.6. The van der Waals surface area contributed by atoms with Crippen LogP contribution in [0.3, 0.4) is 0 Å². The lowest BCUT2D eigenvalue weighted by Gasteiger charge is -2.36. The molecule has 1 spiro atoms. The van der Waals surface area contributed by atoms with Crippen LogP contribution in [0.1, 0.15) is 37.3 Å². The largest absolute Gasteiger partial charge is 0.385 e. The fourth-order valence-electron chi connectivity index (χ4n) is 6.23. The van der Waals surface area contributed by atoms with E-state index in [9.17, 15) is 14.4 Å². The number of nitrogens with one attached hydrogen (secondary N) is 1. The number of rotatable bonds is 5. The lowest BCUT2D eigenvalue weighted by Crippen LogP contribution is -2.54. The van der Waals surface area contributed by atoms with Crippen molar-refractivity contribution < 1.29 is 19.1 Å². The molecule has 4 atom stereocenters. The number of aryl methyl sites for hydroxylation is 1. The van der Waals surface area contributed by atoms with Crippen molar-refractivity contribution in [3.8, 4) is 0 Å². The van der Waals surface area contributed by atoms with Gasteiger partial charge in [0.25, 0.3) is 0 Å². The number of fused-ring (bicyclic) bond motifs is 7. The van der Waals surface area contributed by atoms with Crippen molar-refractivity contribution in [2.45, 2.75) is 44.2 Å². The fourth-order valence-corrected chi connectivity index (χ4v) is 6.23. The minimum absolute atomic E-state index is 0.0501. The van der Waals surface area contributed by atoms with Gasteiger partial charge < -0.3 is 10.1 Å². The van der Waals surface area contributed by atoms with E-state index in [-0.39, 0.29) is 23.8 Å². The topological polar surface area (TPSA) is 79.0 Å². The van der Waals surface area contributed by atoms with Crippen LogP contribution in [0.2, 0.25) is 0 Å². The van der Waals surface area contributed by atoms with Crippen LogP contribution in [0.4, 0.5) is 5.69 Å². The minimum Gasteiger partial charge on any atom is -0.385 e. The fraction of sp³-hybridized carbons (Fsp3) is 0.591. The Morgan fingerprint density at radius 1 is 1.24 bits per heavy atom. The normalized spacial score (nSPS) is 32.8. The Bertz CT molecular complexity index is 900. The number of methoxy groups -OCH3 is 1. The number of imide groups is 1. The molecule has 4 aliphatic rings. The minimum atomic E-state index is -1.06. The first-order valence-corrected chi connectivity index (χ1v) is 10.6. The second-order valence-electron chi connectivity index (χ2n) is 8.49. The van der Waals surface area contributed by atoms with Crippen LogP contribution < -0.4 is 5.32 Å². The molecule has 3 fully saturated rings. The van der Waals surface area contributed by atoms with Crippen LogP contribution in [-0.4, -0.2) is 60.4 Å². The summed E-state index contributed by atoms with van der Waals surface area (Å²) in [5.41, 5.74) is 1.72. The Labute approximate surface area is 170 Å². The molecule has 7 heteroatoms. The summed E-state index contributed by atoms with van der Waals surface area (Å²) < 4.78 is 5.10. The monoisotopic (exact) mass is 397 g/mol. The Hall–Kier alpha value is -2.25. The number of carbonyl (C=O) groups excluding carboxylic acids is 3. The van der Waals surface area contributed by atoms with Crippen molar-refractivity contribution in [2.75, 3.05) is 32.1 Å². The second-order valence-corrected chi connectivity index (χ2v) is 8.49. The number of ether oxygens (including phenoxy) is 1. The van der Waals surface area contributed by atoms with E-state index in [2.05, 4.69) is 17.1 Å². The highest BCUT2D eigenvalue weighted by atomic mass is 16.5. The van der Waals surface area contributed by atoms with Crippen LogP contribution in [0, 0.1) is 11.8 Å². The summed E-state index contributed by atoms with van der Waals surface area (Å²) in [4.78, 5) is 44.0. The van der Waals surface area contributed by atoms with Crippen LogP contribution in [0.5, 0.6) is 0 Å². The molecule has 1 aromatic rings. The van der Waals surface area contributed by atoms with Crippen LogP contribution in [0.15, 0.2) is 18.2 Å². The van der Waals surface area contributed by atoms with E-state index in [1.807, 2.05) is 18.2 Å². The zero-order valence-corrected chi connectivity index (χ0v) is 16.9. The molecule has 0 radical (unpaired) electrons. The lowest BCUT2D eigenvalue weighted by atomic mass is 9.75. The van der Waals surface area contributed by atoms with E-state index in [1.54, 1.807) is 7.11 Å². The standard InChI is InChI=1S/C22H27N3O4/c1-3-13-7-4-8-14-18(13)23-21(28)22(14)17-16(15-9-5-11-25(15)22)19(26)24(20(17)27)10-6-12-29-2/h4,7-8,15-17H,3,5-6,9-12H2,1-2H3,(H,23,28)/t15-,16+,17-,22+/m0/s1. The Morgan fingerprint density at radius 2 is 2.07 bits per heavy atom. The number of carbonyl (C=O) groups is 3. The first kappa shape index (κ1) is 18.8. The summed E-state index contributed by atoms with van der Waals surface area (Å²) >= 11 is 0. The van der Waals surface area contributed by atoms with Crippen LogP contribution in [-0.2, 0) is 31.1 Å². The first-order valence-electron chi connectivity index (χ1n) is 10.6. The number of nitrogens with zero attached hydrogens (tertiary/aromatic N) is 2. The molecule has 0 saturated carbocycles. The summed E-state index contributed by atoms with van der Waals surface area (Å²) in [5.74, 6) is -1.54. The highest BCUT2D eigenvalue weighted by Gasteiger charge is 2.74. The van der Waals surface area contributed by atoms with Gasteiger partial charge in [-0.05, 0) is 37.8 Å². The predicted octanol–water partition coefficient (Wildman–Crippen LogP) is 1.51. The SMILES string of the molecule is CCc1cccc2c1NC(=O)[C@]21[C@@H]2C(=O)N(CCCOC)C(=O)[C@@H]2[C@@H]2CCCN21. The molecule has 3 amide bonds. The van der Waals surface area contributed by atoms with Gasteiger partial charge in [-0.15, -0.1) is 0 Å². The zero-order chi connectivity index (χ0) is 20.3. The Balaban J connectivity index is 1.64. The van der Waals surface area contributed by atoms with Gasteiger partial charge in [-0.2, -0.15) is 0 Å². The molecular formula is C22H27N3O4. The molecule has 3 saturated heterocycles. The van der Waals surface area contributed by atoms with Gasteiger partial charge in [0.1, 0.15) is 5.54 Å².